The molecule has 102 valence electrons. The molecule has 0 fully saturated rings. The number of hydrogen-bond donors (Lipinski definition) is 1. The maximum Gasteiger partial charge on any atom is 0.222 e. The Bertz CT molecular complexity index is 543. The van der Waals surface area contributed by atoms with Gasteiger partial charge in [-0.15, -0.1) is 11.3 Å². The molecule has 0 saturated heterocycles. The highest BCUT2D eigenvalue weighted by atomic mass is 32.1. The summed E-state index contributed by atoms with van der Waals surface area (Å²) >= 11 is 1.69. The van der Waals surface area contributed by atoms with E-state index in [1.165, 1.54) is 4.88 Å². The van der Waals surface area contributed by atoms with Gasteiger partial charge >= 0.3 is 0 Å². The molecule has 0 saturated carbocycles. The molecule has 0 unspecified atom stereocenters. The Morgan fingerprint density at radius 3 is 2.95 bits per heavy atom. The minimum Gasteiger partial charge on any atom is -0.354 e. The van der Waals surface area contributed by atoms with Gasteiger partial charge in [-0.1, -0.05) is 19.9 Å². The quantitative estimate of drug-likeness (QED) is 0.913. The number of rotatable bonds is 5. The number of amides is 1. The van der Waals surface area contributed by atoms with E-state index < -0.39 is 0 Å². The fourth-order valence-corrected chi connectivity index (χ4v) is 2.45. The van der Waals surface area contributed by atoms with E-state index in [0.717, 1.165) is 11.4 Å². The third-order valence-corrected chi connectivity index (χ3v) is 3.79. The first kappa shape index (κ1) is 13.8. The van der Waals surface area contributed by atoms with Crippen molar-refractivity contribution in [2.24, 2.45) is 5.92 Å². The largest absolute Gasteiger partial charge is 0.354 e. The molecule has 19 heavy (non-hydrogen) atoms. The molecule has 0 atom stereocenters. The van der Waals surface area contributed by atoms with E-state index >= 15 is 0 Å². The van der Waals surface area contributed by atoms with Gasteiger partial charge in [0.2, 0.25) is 5.91 Å². The van der Waals surface area contributed by atoms with Gasteiger partial charge in [-0.2, -0.15) is 5.10 Å². The molecule has 4 nitrogen and oxygen atoms in total. The Balaban J connectivity index is 1.96. The lowest BCUT2D eigenvalue weighted by Gasteiger charge is -2.08. The highest BCUT2D eigenvalue weighted by Gasteiger charge is 2.09. The van der Waals surface area contributed by atoms with E-state index in [1.54, 1.807) is 11.3 Å². The van der Waals surface area contributed by atoms with Crippen LogP contribution in [-0.2, 0) is 11.3 Å². The molecule has 0 aliphatic carbocycles. The fraction of sp³-hybridized carbons (Fsp3) is 0.429. The predicted molar refractivity (Wildman–Crippen MR) is 78.1 cm³/mol. The Kier molecular flexibility index (Phi) is 4.37. The van der Waals surface area contributed by atoms with Gasteiger partial charge in [0.15, 0.2) is 0 Å². The molecular weight excluding hydrogens is 258 g/mol. The first-order valence-electron chi connectivity index (χ1n) is 6.44. The molecule has 0 aromatic carbocycles. The highest BCUT2D eigenvalue weighted by molar-refractivity contribution is 7.13. The van der Waals surface area contributed by atoms with Crippen LogP contribution >= 0.6 is 11.3 Å². The number of nitrogens with zero attached hydrogens (tertiary/aromatic N) is 2. The van der Waals surface area contributed by atoms with Gasteiger partial charge in [-0.05, 0) is 24.4 Å². The summed E-state index contributed by atoms with van der Waals surface area (Å²) in [4.78, 5) is 12.6. The molecule has 0 aliphatic rings. The summed E-state index contributed by atoms with van der Waals surface area (Å²) in [5.41, 5.74) is 2.12. The van der Waals surface area contributed by atoms with Crippen molar-refractivity contribution in [1.82, 2.24) is 15.1 Å². The number of thiophene rings is 1. The Morgan fingerprint density at radius 2 is 2.32 bits per heavy atom. The van der Waals surface area contributed by atoms with Crippen LogP contribution in [0, 0.1) is 12.8 Å². The third kappa shape index (κ3) is 3.44. The minimum absolute atomic E-state index is 0.0281. The Morgan fingerprint density at radius 1 is 1.53 bits per heavy atom. The van der Waals surface area contributed by atoms with Crippen LogP contribution in [0.2, 0.25) is 0 Å². The molecule has 0 bridgehead atoms. The lowest BCUT2D eigenvalue weighted by molar-refractivity contribution is -0.124. The van der Waals surface area contributed by atoms with Crippen LogP contribution in [0.5, 0.6) is 0 Å². The van der Waals surface area contributed by atoms with Crippen molar-refractivity contribution in [2.75, 3.05) is 6.54 Å². The van der Waals surface area contributed by atoms with Gasteiger partial charge in [0.05, 0.1) is 11.4 Å². The van der Waals surface area contributed by atoms with Crippen LogP contribution in [0.4, 0.5) is 0 Å². The van der Waals surface area contributed by atoms with Gasteiger partial charge < -0.3 is 5.32 Å². The molecular formula is C14H19N3OS. The van der Waals surface area contributed by atoms with Crippen molar-refractivity contribution in [2.45, 2.75) is 27.3 Å². The number of carbonyl (C=O) groups excluding carboxylic acids is 1. The molecule has 2 rings (SSSR count). The average Bonchev–Trinajstić information content (AvgIpc) is 2.99. The van der Waals surface area contributed by atoms with Crippen molar-refractivity contribution in [1.29, 1.82) is 0 Å². The zero-order valence-electron chi connectivity index (χ0n) is 11.5. The van der Waals surface area contributed by atoms with Crippen LogP contribution < -0.4 is 5.32 Å². The lowest BCUT2D eigenvalue weighted by Crippen LogP contribution is -2.31. The van der Waals surface area contributed by atoms with Crippen molar-refractivity contribution < 1.29 is 4.79 Å². The molecule has 0 radical (unpaired) electrons. The first-order valence-corrected chi connectivity index (χ1v) is 7.32. The zero-order chi connectivity index (χ0) is 13.8. The third-order valence-electron chi connectivity index (χ3n) is 2.90. The molecule has 2 aromatic rings. The van der Waals surface area contributed by atoms with Crippen molar-refractivity contribution >= 4 is 17.2 Å². The summed E-state index contributed by atoms with van der Waals surface area (Å²) in [6, 6.07) is 6.17. The minimum atomic E-state index is 0.0281. The molecule has 0 aliphatic heterocycles. The summed E-state index contributed by atoms with van der Waals surface area (Å²) in [5.74, 6) is 0.115. The first-order chi connectivity index (χ1) is 9.08. The van der Waals surface area contributed by atoms with Crippen LogP contribution in [0.3, 0.4) is 0 Å². The van der Waals surface area contributed by atoms with Crippen molar-refractivity contribution in [3.8, 4) is 10.6 Å². The monoisotopic (exact) mass is 277 g/mol. The number of aromatic nitrogens is 2. The Labute approximate surface area is 117 Å². The second-order valence-electron chi connectivity index (χ2n) is 4.82. The summed E-state index contributed by atoms with van der Waals surface area (Å²) < 4.78 is 1.94. The maximum absolute atomic E-state index is 11.5. The molecule has 2 aromatic heterocycles. The number of nitrogens with one attached hydrogen (secondary N) is 1. The van der Waals surface area contributed by atoms with Crippen LogP contribution in [0.25, 0.3) is 10.6 Å². The van der Waals surface area contributed by atoms with Crippen molar-refractivity contribution in [3.63, 3.8) is 0 Å². The fourth-order valence-electron chi connectivity index (χ4n) is 1.77. The molecule has 0 spiro atoms. The number of carbonyl (C=O) groups is 1. The van der Waals surface area contributed by atoms with E-state index in [4.69, 9.17) is 0 Å². The topological polar surface area (TPSA) is 46.9 Å². The maximum atomic E-state index is 11.5. The molecule has 1 amide bonds. The van der Waals surface area contributed by atoms with E-state index in [9.17, 15) is 4.79 Å². The normalized spacial score (nSPS) is 10.9. The van der Waals surface area contributed by atoms with Gasteiger partial charge in [0.1, 0.15) is 5.69 Å². The number of aryl methyl sites for hydroxylation is 1. The van der Waals surface area contributed by atoms with Gasteiger partial charge in [-0.3, -0.25) is 9.48 Å². The summed E-state index contributed by atoms with van der Waals surface area (Å²) in [6.07, 6.45) is 0. The number of hydrogen-bond acceptors (Lipinski definition) is 3. The summed E-state index contributed by atoms with van der Waals surface area (Å²) in [7, 11) is 0. The second-order valence-corrected chi connectivity index (χ2v) is 5.76. The van der Waals surface area contributed by atoms with E-state index in [0.29, 0.717) is 13.1 Å². The van der Waals surface area contributed by atoms with E-state index in [-0.39, 0.29) is 11.8 Å². The molecule has 1 N–H and O–H groups in total. The second kappa shape index (κ2) is 6.02. The van der Waals surface area contributed by atoms with Crippen molar-refractivity contribution in [3.05, 3.63) is 29.3 Å². The average molecular weight is 277 g/mol. The highest BCUT2D eigenvalue weighted by Crippen LogP contribution is 2.23. The van der Waals surface area contributed by atoms with Gasteiger partial charge in [0, 0.05) is 18.2 Å². The van der Waals surface area contributed by atoms with Crippen LogP contribution in [0.15, 0.2) is 23.6 Å². The molecule has 5 heteroatoms. The van der Waals surface area contributed by atoms with Gasteiger partial charge in [-0.25, -0.2) is 0 Å². The van der Waals surface area contributed by atoms with Gasteiger partial charge in [0.25, 0.3) is 0 Å². The van der Waals surface area contributed by atoms with Crippen LogP contribution in [0.1, 0.15) is 19.5 Å². The summed E-state index contributed by atoms with van der Waals surface area (Å²) in [6.45, 7) is 7.14. The zero-order valence-corrected chi connectivity index (χ0v) is 12.3. The molecule has 2 heterocycles. The lowest BCUT2D eigenvalue weighted by atomic mass is 10.2. The summed E-state index contributed by atoms with van der Waals surface area (Å²) in [5, 5.41) is 9.52. The SMILES string of the molecule is Cc1cc(-c2cccs2)nn1CCNC(=O)C(C)C. The van der Waals surface area contributed by atoms with Crippen LogP contribution in [-0.4, -0.2) is 22.2 Å². The standard InChI is InChI=1S/C14H19N3OS/c1-10(2)14(18)15-6-7-17-11(3)9-12(16-17)13-5-4-8-19-13/h4-5,8-10H,6-7H2,1-3H3,(H,15,18). The van der Waals surface area contributed by atoms with E-state index in [1.807, 2.05) is 36.9 Å². The Hall–Kier alpha value is -1.62. The predicted octanol–water partition coefficient (Wildman–Crippen LogP) is 2.69. The smallest absolute Gasteiger partial charge is 0.222 e. The van der Waals surface area contributed by atoms with E-state index in [2.05, 4.69) is 22.5 Å².